The molecule has 686 valence electrons. The Morgan fingerprint density at radius 1 is 0.243 bits per heavy atom. The number of nitrogens with zero attached hydrogens (tertiary/aromatic N) is 3. The number of allylic oxidation sites excluding steroid dienone is 4. The minimum Gasteiger partial charge on any atom is -0.310 e. The van der Waals surface area contributed by atoms with Gasteiger partial charge >= 0.3 is 0 Å². The van der Waals surface area contributed by atoms with Crippen molar-refractivity contribution >= 4 is 125 Å². The lowest BCUT2D eigenvalue weighted by Gasteiger charge is -2.51. The van der Waals surface area contributed by atoms with Crippen LogP contribution < -0.4 is 9.80 Å². The molecule has 3 heterocycles. The van der Waals surface area contributed by atoms with Crippen molar-refractivity contribution in [3.8, 4) is 61.3 Å². The third-order valence-electron chi connectivity index (χ3n) is 36.1. The summed E-state index contributed by atoms with van der Waals surface area (Å²) in [6.45, 7) is 43.9. The molecule has 0 spiro atoms. The van der Waals surface area contributed by atoms with Gasteiger partial charge in [-0.05, 0) is 305 Å². The minimum absolute atomic E-state index is 0.00330. The molecule has 27 rings (SSSR count). The fourth-order valence-corrected chi connectivity index (χ4v) is 28.4. The lowest BCUT2D eigenvalue weighted by molar-refractivity contribution is 0.245. The van der Waals surface area contributed by atoms with E-state index in [0.29, 0.717) is 11.8 Å². The van der Waals surface area contributed by atoms with Crippen molar-refractivity contribution in [3.63, 3.8) is 0 Å². The Kier molecular flexibility index (Phi) is 19.4. The zero-order chi connectivity index (χ0) is 96.2. The molecule has 2 atom stereocenters. The number of fused-ring (bicyclic) bond motifs is 28. The fraction of sp³-hybridized carbons (Fsp3) is 0.215. The van der Waals surface area contributed by atoms with E-state index in [1.165, 1.54) is 230 Å². The molecule has 3 aromatic heterocycles. The summed E-state index contributed by atoms with van der Waals surface area (Å²) < 4.78 is 7.72. The van der Waals surface area contributed by atoms with Crippen LogP contribution in [-0.2, 0) is 43.3 Å². The van der Waals surface area contributed by atoms with Crippen LogP contribution in [0.15, 0.2) is 388 Å². The van der Waals surface area contributed by atoms with Gasteiger partial charge in [-0.1, -0.05) is 373 Å². The second-order valence-corrected chi connectivity index (χ2v) is 47.7. The smallest absolute Gasteiger partial charge is 0.0541 e. The van der Waals surface area contributed by atoms with Gasteiger partial charge in [0.15, 0.2) is 0 Å². The van der Waals surface area contributed by atoms with Gasteiger partial charge in [-0.3, -0.25) is 0 Å². The summed E-state index contributed by atoms with van der Waals surface area (Å²) >= 11 is 3.75. The molecule has 2 unspecified atom stereocenters. The van der Waals surface area contributed by atoms with Gasteiger partial charge in [0.25, 0.3) is 0 Å². The Morgan fingerprint density at radius 2 is 0.650 bits per heavy atom. The van der Waals surface area contributed by atoms with Crippen molar-refractivity contribution in [1.82, 2.24) is 4.57 Å². The molecule has 0 amide bonds. The van der Waals surface area contributed by atoms with Crippen molar-refractivity contribution in [1.29, 1.82) is 0 Å². The third kappa shape index (κ3) is 12.6. The molecule has 0 fully saturated rings. The van der Waals surface area contributed by atoms with E-state index in [4.69, 9.17) is 0 Å². The Morgan fingerprint density at radius 3 is 1.24 bits per heavy atom. The molecular formula is C135H119N3S2. The normalized spacial score (nSPS) is 18.1. The number of hydrogen-bond donors (Lipinski definition) is 0. The Balaban J connectivity index is 0.000000111. The van der Waals surface area contributed by atoms with Gasteiger partial charge in [0.1, 0.15) is 0 Å². The molecule has 0 radical (unpaired) electrons. The maximum absolute atomic E-state index is 2.66. The molecule has 140 heavy (non-hydrogen) atoms. The highest BCUT2D eigenvalue weighted by Gasteiger charge is 2.55. The van der Waals surface area contributed by atoms with E-state index in [1.54, 1.807) is 0 Å². The maximum Gasteiger partial charge on any atom is 0.0541 e. The Hall–Kier alpha value is -13.9. The maximum atomic E-state index is 2.66. The summed E-state index contributed by atoms with van der Waals surface area (Å²) in [4.78, 5) is 4.88. The molecule has 0 saturated heterocycles. The summed E-state index contributed by atoms with van der Waals surface area (Å²) in [6, 6.07) is 139. The molecule has 20 aromatic rings. The van der Waals surface area contributed by atoms with Crippen molar-refractivity contribution in [2.45, 2.75) is 174 Å². The van der Waals surface area contributed by atoms with Crippen LogP contribution in [0.4, 0.5) is 34.1 Å². The van der Waals surface area contributed by atoms with E-state index in [1.807, 2.05) is 22.7 Å². The zero-order valence-corrected chi connectivity index (χ0v) is 85.3. The van der Waals surface area contributed by atoms with Gasteiger partial charge in [0.05, 0.1) is 11.0 Å². The highest BCUT2D eigenvalue weighted by molar-refractivity contribution is 7.26. The second-order valence-electron chi connectivity index (χ2n) is 45.5. The van der Waals surface area contributed by atoms with Crippen LogP contribution >= 0.6 is 22.7 Å². The van der Waals surface area contributed by atoms with Crippen molar-refractivity contribution in [2.75, 3.05) is 9.80 Å². The van der Waals surface area contributed by atoms with Gasteiger partial charge in [-0.2, -0.15) is 0 Å². The molecule has 0 saturated carbocycles. The van der Waals surface area contributed by atoms with Crippen LogP contribution in [0.2, 0.25) is 0 Å². The van der Waals surface area contributed by atoms with E-state index < -0.39 is 0 Å². The largest absolute Gasteiger partial charge is 0.310 e. The number of para-hydroxylation sites is 4. The average Bonchev–Trinajstić information content (AvgIpc) is 1.46. The summed E-state index contributed by atoms with van der Waals surface area (Å²) in [6.07, 6.45) is 5.32. The topological polar surface area (TPSA) is 11.4 Å². The molecule has 0 aliphatic heterocycles. The predicted octanol–water partition coefficient (Wildman–Crippen LogP) is 37.9. The predicted molar refractivity (Wildman–Crippen MR) is 601 cm³/mol. The van der Waals surface area contributed by atoms with Gasteiger partial charge < -0.3 is 14.4 Å². The average molecular weight is 1850 g/mol. The van der Waals surface area contributed by atoms with E-state index >= 15 is 0 Å². The molecule has 0 bridgehead atoms. The summed E-state index contributed by atoms with van der Waals surface area (Å²) in [5.74, 6) is 0.766. The van der Waals surface area contributed by atoms with Gasteiger partial charge in [0, 0.05) is 113 Å². The van der Waals surface area contributed by atoms with Crippen molar-refractivity contribution in [3.05, 3.63) is 455 Å². The standard InChI is InChI=1S/C45H41NS.C45H39NS.C45H39N/c1-43(2)38-25-30(46(28-14-8-7-9-15-28)29-21-23-42-36(24-29)33-17-11-13-19-41(33)47-42)20-22-32(38)34-27-40-35(26-39(34)43)31-16-10-12-18-37(31)44(3,4)45(40,5)6;1-43(2)38-25-30(46(28-14-8-7-9-15-28)29-21-23-42-36(24-29)33-17-11-13-19-41(33)47-42)20-22-32(38)34-26-35-31-16-10-12-18-37(31)44(3,4)45(5,6)40(35)27-39(34)43;1-43(2)37-26-25-34-31-13-7-10-16-36(31)44(3,4)45(5,6)42(34)41(37)35-24-21-29(27-38(35)43)28-19-22-30(23-20-28)46-39-17-11-8-14-32(39)33-15-9-12-18-40(33)46/h7-27,34,39H,1-6H3;7-27H,1-6H3;7-27H,1-6H3. The summed E-state index contributed by atoms with van der Waals surface area (Å²) in [5.41, 5.74) is 44.5. The number of thiophene rings is 2. The highest BCUT2D eigenvalue weighted by Crippen LogP contribution is 2.67. The van der Waals surface area contributed by atoms with Gasteiger partial charge in [-0.25, -0.2) is 0 Å². The minimum atomic E-state index is -0.136. The molecule has 17 aromatic carbocycles. The molecule has 5 heteroatoms. The molecule has 3 nitrogen and oxygen atoms in total. The van der Waals surface area contributed by atoms with Gasteiger partial charge in [-0.15, -0.1) is 22.7 Å². The molecule has 0 N–H and O–H groups in total. The van der Waals surface area contributed by atoms with Crippen LogP contribution in [0.5, 0.6) is 0 Å². The molecular weight excluding hydrogens is 1730 g/mol. The highest BCUT2D eigenvalue weighted by atomic mass is 32.1. The second kappa shape index (κ2) is 31.0. The summed E-state index contributed by atoms with van der Waals surface area (Å²) in [5, 5.41) is 7.87. The van der Waals surface area contributed by atoms with Crippen LogP contribution in [0, 0.1) is 11.3 Å². The first-order valence-corrected chi connectivity index (χ1v) is 52.1. The number of rotatable bonds is 8. The quantitative estimate of drug-likeness (QED) is 0.150. The van der Waals surface area contributed by atoms with Crippen LogP contribution in [0.25, 0.3) is 129 Å². The lowest BCUT2D eigenvalue weighted by Crippen LogP contribution is -2.44. The summed E-state index contributed by atoms with van der Waals surface area (Å²) in [7, 11) is 0. The Bertz CT molecular complexity index is 8600. The number of aromatic nitrogens is 1. The molecule has 7 aliphatic carbocycles. The first kappa shape index (κ1) is 87.6. The van der Waals surface area contributed by atoms with Crippen molar-refractivity contribution < 1.29 is 0 Å². The first-order valence-electron chi connectivity index (χ1n) is 50.4. The zero-order valence-electron chi connectivity index (χ0n) is 83.7. The van der Waals surface area contributed by atoms with E-state index in [2.05, 4.69) is 521 Å². The van der Waals surface area contributed by atoms with Crippen LogP contribution in [-0.4, -0.2) is 4.57 Å². The monoisotopic (exact) mass is 1850 g/mol. The first-order chi connectivity index (χ1) is 67.2. The van der Waals surface area contributed by atoms with E-state index in [-0.39, 0.29) is 48.7 Å². The van der Waals surface area contributed by atoms with E-state index in [9.17, 15) is 0 Å². The van der Waals surface area contributed by atoms with E-state index in [0.717, 1.165) is 5.69 Å². The Labute approximate surface area is 833 Å². The number of benzene rings is 17. The van der Waals surface area contributed by atoms with Gasteiger partial charge in [0.2, 0.25) is 0 Å². The number of anilines is 6. The fourth-order valence-electron chi connectivity index (χ4n) is 26.3. The van der Waals surface area contributed by atoms with Crippen molar-refractivity contribution in [2.24, 2.45) is 11.3 Å². The SMILES string of the molecule is CC1(C)c2cc(-c3ccc(-n4c5ccccc5c5ccccc54)cc3)ccc2-c2c1ccc1c2C(C)(C)C(C)(C)c2ccccc2-1.CC1(C)c2cc(N(c3ccccc3)c3ccc4sc5ccccc5c4c3)ccc2-c2cc3c(cc21)C(C)(C)C(C)(C)c1ccccc1-3.CC1(C)c2cc(N(c3ccccc3)c3ccc4sc5ccccc5c4c3)ccc2C2C=C3C(=CC21)c1ccccc1C(C)(C)C3(C)C. The van der Waals surface area contributed by atoms with Crippen LogP contribution in [0.1, 0.15) is 197 Å². The lowest BCUT2D eigenvalue weighted by atomic mass is 9.52. The van der Waals surface area contributed by atoms with Crippen LogP contribution in [0.3, 0.4) is 0 Å². The third-order valence-corrected chi connectivity index (χ3v) is 38.4. The molecule has 7 aliphatic rings. The number of hydrogen-bond acceptors (Lipinski definition) is 4.